The molecule has 0 aliphatic heterocycles. The zero-order valence-electron chi connectivity index (χ0n) is 13.4. The molecule has 2 N–H and O–H groups in total. The summed E-state index contributed by atoms with van der Waals surface area (Å²) in [6, 6.07) is 17.5. The van der Waals surface area contributed by atoms with Crippen LogP contribution in [0.5, 0.6) is 5.75 Å². The van der Waals surface area contributed by atoms with Crippen molar-refractivity contribution in [3.63, 3.8) is 0 Å². The van der Waals surface area contributed by atoms with Crippen LogP contribution in [0.3, 0.4) is 0 Å². The van der Waals surface area contributed by atoms with E-state index in [0.717, 1.165) is 23.3 Å². The van der Waals surface area contributed by atoms with Crippen molar-refractivity contribution in [1.82, 2.24) is 10.9 Å². The van der Waals surface area contributed by atoms with Crippen LogP contribution >= 0.6 is 0 Å². The number of carbonyl (C=O) groups is 1. The van der Waals surface area contributed by atoms with Crippen LogP contribution in [-0.4, -0.2) is 19.2 Å². The minimum Gasteiger partial charge on any atom is -0.497 e. The Labute approximate surface area is 136 Å². The average Bonchev–Trinajstić information content (AvgIpc) is 2.60. The van der Waals surface area contributed by atoms with Gasteiger partial charge in [0.1, 0.15) is 12.4 Å². The Morgan fingerprint density at radius 2 is 1.74 bits per heavy atom. The molecule has 2 aromatic carbocycles. The molecule has 122 valence electrons. The molecule has 1 atom stereocenters. The van der Waals surface area contributed by atoms with Gasteiger partial charge < -0.3 is 9.47 Å². The van der Waals surface area contributed by atoms with Gasteiger partial charge in [-0.3, -0.25) is 5.43 Å². The third-order valence-electron chi connectivity index (χ3n) is 3.33. The molecule has 0 aliphatic rings. The minimum atomic E-state index is -0.490. The molecule has 0 heterocycles. The van der Waals surface area contributed by atoms with Crippen LogP contribution in [0, 0.1) is 0 Å². The van der Waals surface area contributed by atoms with Gasteiger partial charge in [0.2, 0.25) is 0 Å². The summed E-state index contributed by atoms with van der Waals surface area (Å²) in [5.41, 5.74) is 7.61. The van der Waals surface area contributed by atoms with Crippen molar-refractivity contribution in [2.24, 2.45) is 0 Å². The van der Waals surface area contributed by atoms with Gasteiger partial charge in [0.15, 0.2) is 0 Å². The van der Waals surface area contributed by atoms with E-state index in [1.165, 1.54) is 0 Å². The molecule has 0 bridgehead atoms. The first-order valence-electron chi connectivity index (χ1n) is 7.52. The van der Waals surface area contributed by atoms with Gasteiger partial charge in [-0.15, -0.1) is 0 Å². The maximum atomic E-state index is 11.6. The Kier molecular flexibility index (Phi) is 6.44. The molecule has 5 heteroatoms. The maximum Gasteiger partial charge on any atom is 0.421 e. The zero-order chi connectivity index (χ0) is 16.5. The summed E-state index contributed by atoms with van der Waals surface area (Å²) < 4.78 is 10.3. The molecule has 0 saturated heterocycles. The van der Waals surface area contributed by atoms with Crippen LogP contribution in [0.4, 0.5) is 4.79 Å². The number of rotatable bonds is 7. The highest BCUT2D eigenvalue weighted by molar-refractivity contribution is 5.66. The average molecular weight is 314 g/mol. The molecule has 0 radical (unpaired) electrons. The summed E-state index contributed by atoms with van der Waals surface area (Å²) >= 11 is 0. The number of amides is 1. The summed E-state index contributed by atoms with van der Waals surface area (Å²) in [6.07, 6.45) is 0.290. The number of hydrogen-bond acceptors (Lipinski definition) is 4. The fourth-order valence-electron chi connectivity index (χ4n) is 2.11. The lowest BCUT2D eigenvalue weighted by atomic mass is 10.1. The van der Waals surface area contributed by atoms with E-state index in [2.05, 4.69) is 10.9 Å². The molecule has 5 nitrogen and oxygen atoms in total. The van der Waals surface area contributed by atoms with E-state index >= 15 is 0 Å². The molecule has 0 spiro atoms. The van der Waals surface area contributed by atoms with E-state index in [0.29, 0.717) is 0 Å². The molecule has 2 aromatic rings. The maximum absolute atomic E-state index is 11.6. The van der Waals surface area contributed by atoms with Gasteiger partial charge in [0.25, 0.3) is 0 Å². The van der Waals surface area contributed by atoms with Crippen LogP contribution in [0.25, 0.3) is 0 Å². The van der Waals surface area contributed by atoms with E-state index in [1.807, 2.05) is 61.5 Å². The van der Waals surface area contributed by atoms with Crippen LogP contribution < -0.4 is 15.6 Å². The highest BCUT2D eigenvalue weighted by Gasteiger charge is 2.07. The molecule has 1 amide bonds. The van der Waals surface area contributed by atoms with Gasteiger partial charge in [-0.25, -0.2) is 10.2 Å². The number of methoxy groups -OCH3 is 1. The van der Waals surface area contributed by atoms with E-state index in [9.17, 15) is 4.79 Å². The largest absolute Gasteiger partial charge is 0.497 e. The minimum absolute atomic E-state index is 0.0765. The van der Waals surface area contributed by atoms with Crippen LogP contribution in [0.2, 0.25) is 0 Å². The fourth-order valence-corrected chi connectivity index (χ4v) is 2.11. The molecule has 2 rings (SSSR count). The Balaban J connectivity index is 1.68. The smallest absolute Gasteiger partial charge is 0.421 e. The fraction of sp³-hybridized carbons (Fsp3) is 0.278. The SMILES string of the molecule is COc1ccc(CC(C)NNC(=O)OCc2ccccc2)cc1. The van der Waals surface area contributed by atoms with Gasteiger partial charge in [-0.05, 0) is 36.6 Å². The van der Waals surface area contributed by atoms with E-state index in [4.69, 9.17) is 9.47 Å². The normalized spacial score (nSPS) is 11.6. The molecule has 23 heavy (non-hydrogen) atoms. The van der Waals surface area contributed by atoms with Crippen molar-refractivity contribution in [3.8, 4) is 5.75 Å². The first-order chi connectivity index (χ1) is 11.2. The number of benzene rings is 2. The summed E-state index contributed by atoms with van der Waals surface area (Å²) in [4.78, 5) is 11.6. The third-order valence-corrected chi connectivity index (χ3v) is 3.33. The second kappa shape index (κ2) is 8.80. The summed E-state index contributed by atoms with van der Waals surface area (Å²) in [5.74, 6) is 0.831. The zero-order valence-corrected chi connectivity index (χ0v) is 13.4. The van der Waals surface area contributed by atoms with E-state index in [-0.39, 0.29) is 12.6 Å². The Morgan fingerprint density at radius 1 is 1.04 bits per heavy atom. The molecule has 0 fully saturated rings. The van der Waals surface area contributed by atoms with E-state index in [1.54, 1.807) is 7.11 Å². The number of ether oxygens (including phenoxy) is 2. The Morgan fingerprint density at radius 3 is 2.39 bits per heavy atom. The number of nitrogens with one attached hydrogen (secondary N) is 2. The van der Waals surface area contributed by atoms with Gasteiger partial charge in [-0.2, -0.15) is 0 Å². The topological polar surface area (TPSA) is 59.6 Å². The standard InChI is InChI=1S/C18H22N2O3/c1-14(12-15-8-10-17(22-2)11-9-15)19-20-18(21)23-13-16-6-4-3-5-7-16/h3-11,14,19H,12-13H2,1-2H3,(H,20,21). The molecule has 0 aromatic heterocycles. The van der Waals surface area contributed by atoms with Gasteiger partial charge >= 0.3 is 6.09 Å². The lowest BCUT2D eigenvalue weighted by Gasteiger charge is -2.15. The monoisotopic (exact) mass is 314 g/mol. The lowest BCUT2D eigenvalue weighted by molar-refractivity contribution is 0.133. The van der Waals surface area contributed by atoms with Crippen molar-refractivity contribution < 1.29 is 14.3 Å². The number of hydrogen-bond donors (Lipinski definition) is 2. The molecular weight excluding hydrogens is 292 g/mol. The second-order valence-electron chi connectivity index (χ2n) is 5.28. The number of carbonyl (C=O) groups excluding carboxylic acids is 1. The summed E-state index contributed by atoms with van der Waals surface area (Å²) in [5, 5.41) is 0. The first kappa shape index (κ1) is 16.8. The summed E-state index contributed by atoms with van der Waals surface area (Å²) in [6.45, 7) is 2.24. The van der Waals surface area contributed by atoms with Crippen LogP contribution in [0.1, 0.15) is 18.1 Å². The highest BCUT2D eigenvalue weighted by atomic mass is 16.6. The highest BCUT2D eigenvalue weighted by Crippen LogP contribution is 2.12. The van der Waals surface area contributed by atoms with Gasteiger partial charge in [0, 0.05) is 6.04 Å². The number of hydrazine groups is 1. The van der Waals surface area contributed by atoms with Gasteiger partial charge in [-0.1, -0.05) is 42.5 Å². The van der Waals surface area contributed by atoms with Crippen LogP contribution in [-0.2, 0) is 17.8 Å². The van der Waals surface area contributed by atoms with Crippen molar-refractivity contribution in [1.29, 1.82) is 0 Å². The lowest BCUT2D eigenvalue weighted by Crippen LogP contribution is -2.44. The molecular formula is C18H22N2O3. The van der Waals surface area contributed by atoms with Crippen molar-refractivity contribution >= 4 is 6.09 Å². The van der Waals surface area contributed by atoms with E-state index < -0.39 is 6.09 Å². The predicted octanol–water partition coefficient (Wildman–Crippen LogP) is 3.06. The molecule has 0 aliphatic carbocycles. The Bertz CT molecular complexity index is 599. The second-order valence-corrected chi connectivity index (χ2v) is 5.28. The van der Waals surface area contributed by atoms with Crippen molar-refractivity contribution in [2.45, 2.75) is 26.0 Å². The molecule has 0 saturated carbocycles. The van der Waals surface area contributed by atoms with Crippen molar-refractivity contribution in [2.75, 3.05) is 7.11 Å². The quantitative estimate of drug-likeness (QED) is 0.771. The third kappa shape index (κ3) is 6.00. The summed E-state index contributed by atoms with van der Waals surface area (Å²) in [7, 11) is 1.64. The predicted molar refractivity (Wildman–Crippen MR) is 89.1 cm³/mol. The Hall–Kier alpha value is -2.53. The first-order valence-corrected chi connectivity index (χ1v) is 7.52. The molecule has 1 unspecified atom stereocenters. The van der Waals surface area contributed by atoms with Crippen molar-refractivity contribution in [3.05, 3.63) is 65.7 Å². The van der Waals surface area contributed by atoms with Crippen LogP contribution in [0.15, 0.2) is 54.6 Å². The van der Waals surface area contributed by atoms with Gasteiger partial charge in [0.05, 0.1) is 7.11 Å².